The van der Waals surface area contributed by atoms with Crippen LogP contribution in [0.25, 0.3) is 84.0 Å². The maximum absolute atomic E-state index is 6.46. The van der Waals surface area contributed by atoms with Crippen molar-refractivity contribution in [2.75, 3.05) is 0 Å². The molecule has 54 heavy (non-hydrogen) atoms. The summed E-state index contributed by atoms with van der Waals surface area (Å²) >= 11 is 3.72. The molecule has 0 saturated heterocycles. The Kier molecular flexibility index (Phi) is 7.33. The molecule has 5 heterocycles. The molecule has 0 aliphatic carbocycles. The Balaban J connectivity index is 1.64. The molecule has 0 saturated carbocycles. The van der Waals surface area contributed by atoms with Gasteiger partial charge in [-0.05, 0) is 111 Å². The van der Waals surface area contributed by atoms with E-state index in [2.05, 4.69) is 166 Å². The number of terminal acetylenes is 1. The molecule has 0 fully saturated rings. The van der Waals surface area contributed by atoms with Crippen LogP contribution in [0, 0.1) is 12.3 Å². The van der Waals surface area contributed by atoms with Gasteiger partial charge >= 0.3 is 0 Å². The lowest BCUT2D eigenvalue weighted by atomic mass is 9.84. The molecule has 0 aliphatic rings. The van der Waals surface area contributed by atoms with E-state index >= 15 is 0 Å². The van der Waals surface area contributed by atoms with Gasteiger partial charge in [0.2, 0.25) is 0 Å². The van der Waals surface area contributed by atoms with Crippen LogP contribution in [0.4, 0.5) is 0 Å². The van der Waals surface area contributed by atoms with Crippen molar-refractivity contribution in [3.05, 3.63) is 94.5 Å². The SMILES string of the molecule is C#Cc1cc2sc1c1cc(C(C)(C)C)cc3c4cc(C(C)(C)C)cc(c5ccc(s5)c5cc(C(C)(C)C)cc6c7cc(C(C)(C)C)cc2c7[nH]c56)c4[nH]c13. The number of H-pyrrole nitrogens is 2. The lowest BCUT2D eigenvalue weighted by molar-refractivity contribution is 0.591. The summed E-state index contributed by atoms with van der Waals surface area (Å²) in [6.07, 6.45) is 6.46. The summed E-state index contributed by atoms with van der Waals surface area (Å²) in [5.41, 5.74) is 10.7. The smallest absolute Gasteiger partial charge is 0.0553 e. The predicted octanol–water partition coefficient (Wildman–Crippen LogP) is 15.4. The summed E-state index contributed by atoms with van der Waals surface area (Å²) in [6.45, 7) is 27.8. The number of aromatic nitrogens is 2. The molecule has 2 N–H and O–H groups in total. The van der Waals surface area contributed by atoms with E-state index in [0.717, 1.165) is 15.8 Å². The molecular formula is C50H50N2S2. The van der Waals surface area contributed by atoms with E-state index < -0.39 is 0 Å². The van der Waals surface area contributed by atoms with Gasteiger partial charge in [-0.1, -0.05) is 89.0 Å². The minimum Gasteiger partial charge on any atom is -0.353 e. The van der Waals surface area contributed by atoms with E-state index in [0.29, 0.717) is 0 Å². The molecule has 0 aliphatic heterocycles. The Morgan fingerprint density at radius 1 is 0.407 bits per heavy atom. The van der Waals surface area contributed by atoms with Crippen molar-refractivity contribution in [2.24, 2.45) is 0 Å². The van der Waals surface area contributed by atoms with Crippen LogP contribution < -0.4 is 0 Å². The number of nitrogens with one attached hydrogen (secondary N) is 2. The lowest BCUT2D eigenvalue weighted by Gasteiger charge is -2.21. The summed E-state index contributed by atoms with van der Waals surface area (Å²) in [4.78, 5) is 8.08. The molecule has 0 atom stereocenters. The Hall–Kier alpha value is -4.56. The third-order valence-electron chi connectivity index (χ3n) is 11.6. The second-order valence-corrected chi connectivity index (χ2v) is 21.8. The molecule has 5 aromatic heterocycles. The van der Waals surface area contributed by atoms with E-state index in [4.69, 9.17) is 6.42 Å². The van der Waals surface area contributed by atoms with E-state index in [9.17, 15) is 0 Å². The molecule has 0 unspecified atom stereocenters. The minimum absolute atomic E-state index is 0.0274. The Labute approximate surface area is 326 Å². The van der Waals surface area contributed by atoms with E-state index in [1.165, 1.54) is 96.0 Å². The molecule has 2 nitrogen and oxygen atoms in total. The number of benzene rings is 4. The number of hydrogen-bond donors (Lipinski definition) is 2. The molecule has 0 spiro atoms. The fraction of sp³-hybridized carbons (Fsp3) is 0.320. The van der Waals surface area contributed by atoms with Crippen LogP contribution in [0.3, 0.4) is 0 Å². The van der Waals surface area contributed by atoms with Crippen LogP contribution in [0.5, 0.6) is 0 Å². The third kappa shape index (κ3) is 5.34. The molecule has 8 bridgehead atoms. The summed E-state index contributed by atoms with van der Waals surface area (Å²) in [7, 11) is 0. The highest BCUT2D eigenvalue weighted by Gasteiger charge is 2.25. The molecule has 0 amide bonds. The van der Waals surface area contributed by atoms with Crippen molar-refractivity contribution in [3.8, 4) is 12.3 Å². The molecule has 9 rings (SSSR count). The van der Waals surface area contributed by atoms with Gasteiger partial charge in [0.1, 0.15) is 0 Å². The third-order valence-corrected chi connectivity index (χ3v) is 14.0. The van der Waals surface area contributed by atoms with Crippen LogP contribution in [-0.4, -0.2) is 9.97 Å². The zero-order chi connectivity index (χ0) is 38.4. The first-order chi connectivity index (χ1) is 25.2. The Morgan fingerprint density at radius 3 is 1.07 bits per heavy atom. The number of fused-ring (bicyclic) bond motifs is 10. The Bertz CT molecular complexity index is 3130. The van der Waals surface area contributed by atoms with Gasteiger partial charge in [-0.15, -0.1) is 29.1 Å². The molecular weight excluding hydrogens is 693 g/mol. The number of hydrogen-bond acceptors (Lipinski definition) is 2. The number of aromatic amines is 2. The monoisotopic (exact) mass is 742 g/mol. The zero-order valence-electron chi connectivity index (χ0n) is 33.7. The highest BCUT2D eigenvalue weighted by atomic mass is 32.1. The first kappa shape index (κ1) is 35.2. The molecule has 0 radical (unpaired) electrons. The molecule has 4 heteroatoms. The number of rotatable bonds is 0. The van der Waals surface area contributed by atoms with Gasteiger partial charge in [0.25, 0.3) is 0 Å². The van der Waals surface area contributed by atoms with E-state index in [1.807, 2.05) is 22.7 Å². The highest BCUT2D eigenvalue weighted by molar-refractivity contribution is 7.25. The molecule has 4 aromatic carbocycles. The average Bonchev–Trinajstić information content (AvgIpc) is 3.88. The fourth-order valence-corrected chi connectivity index (χ4v) is 10.4. The topological polar surface area (TPSA) is 31.6 Å². The molecule has 272 valence electrons. The van der Waals surface area contributed by atoms with E-state index in [1.54, 1.807) is 0 Å². The zero-order valence-corrected chi connectivity index (χ0v) is 35.4. The predicted molar refractivity (Wildman–Crippen MR) is 242 cm³/mol. The summed E-state index contributed by atoms with van der Waals surface area (Å²) in [5.74, 6) is 3.14. The van der Waals surface area contributed by atoms with Crippen molar-refractivity contribution in [1.29, 1.82) is 0 Å². The van der Waals surface area contributed by atoms with Gasteiger partial charge in [-0.2, -0.15) is 0 Å². The van der Waals surface area contributed by atoms with Crippen LogP contribution in [0.1, 0.15) is 111 Å². The van der Waals surface area contributed by atoms with Gasteiger partial charge in [0, 0.05) is 62.8 Å². The van der Waals surface area contributed by atoms with Crippen LogP contribution >= 0.6 is 22.7 Å². The van der Waals surface area contributed by atoms with Crippen molar-refractivity contribution in [2.45, 2.75) is 105 Å². The average molecular weight is 743 g/mol. The maximum atomic E-state index is 6.46. The maximum Gasteiger partial charge on any atom is 0.0553 e. The van der Waals surface area contributed by atoms with Crippen LogP contribution in [0.15, 0.2) is 66.7 Å². The second-order valence-electron chi connectivity index (χ2n) is 19.7. The van der Waals surface area contributed by atoms with Crippen LogP contribution in [-0.2, 0) is 21.7 Å². The van der Waals surface area contributed by atoms with Gasteiger partial charge < -0.3 is 9.97 Å². The van der Waals surface area contributed by atoms with Gasteiger partial charge in [0.15, 0.2) is 0 Å². The second kappa shape index (κ2) is 11.2. The van der Waals surface area contributed by atoms with Crippen molar-refractivity contribution in [1.82, 2.24) is 9.97 Å². The summed E-state index contributed by atoms with van der Waals surface area (Å²) in [5, 5.41) is 9.96. The number of thiophene rings is 2. The summed E-state index contributed by atoms with van der Waals surface area (Å²) in [6, 6.07) is 26.4. The first-order valence-corrected chi connectivity index (χ1v) is 20.8. The normalized spacial score (nSPS) is 13.5. The Morgan fingerprint density at radius 2 is 0.722 bits per heavy atom. The highest BCUT2D eigenvalue weighted by Crippen LogP contribution is 2.45. The van der Waals surface area contributed by atoms with Crippen LogP contribution in [0.2, 0.25) is 0 Å². The summed E-state index contributed by atoms with van der Waals surface area (Å²) < 4.78 is 4.86. The quantitative estimate of drug-likeness (QED) is 0.145. The van der Waals surface area contributed by atoms with Crippen molar-refractivity contribution in [3.63, 3.8) is 0 Å². The first-order valence-electron chi connectivity index (χ1n) is 19.2. The van der Waals surface area contributed by atoms with Gasteiger partial charge in [-0.3, -0.25) is 0 Å². The van der Waals surface area contributed by atoms with Gasteiger partial charge in [0.05, 0.1) is 26.8 Å². The molecule has 9 aromatic rings. The lowest BCUT2D eigenvalue weighted by Crippen LogP contribution is -2.11. The standard InChI is InChI=1S/C50H50N2S2/c1-14-26-17-41-37-24-29(49(8,9)10)20-32-31-18-27(47(2,3)4)22-35(42(31)51-44(32)37)39-15-16-40(53-39)36-23-28(48(5,6)7)19-33-34-21-30(50(11,12)13)25-38(46(26)54-41)45(34)52-43(33)36/h1,15-25,51-52H,2-13H3. The largest absolute Gasteiger partial charge is 0.353 e. The fourth-order valence-electron chi connectivity index (χ4n) is 8.16. The van der Waals surface area contributed by atoms with Crippen molar-refractivity contribution < 1.29 is 0 Å². The minimum atomic E-state index is -0.0605. The van der Waals surface area contributed by atoms with E-state index in [-0.39, 0.29) is 21.7 Å². The van der Waals surface area contributed by atoms with Crippen molar-refractivity contribution >= 4 is 107 Å². The van der Waals surface area contributed by atoms with Gasteiger partial charge in [-0.25, -0.2) is 0 Å².